The summed E-state index contributed by atoms with van der Waals surface area (Å²) in [6.07, 6.45) is 1.24. The first kappa shape index (κ1) is 42.1. The van der Waals surface area contributed by atoms with Crippen LogP contribution in [0.15, 0.2) is 78.9 Å². The zero-order valence-corrected chi connectivity index (χ0v) is 32.4. The first-order valence-electron chi connectivity index (χ1n) is 18.7. The van der Waals surface area contributed by atoms with E-state index in [0.717, 1.165) is 16.7 Å². The zero-order chi connectivity index (χ0) is 40.7. The van der Waals surface area contributed by atoms with Gasteiger partial charge >= 0.3 is 5.97 Å². The van der Waals surface area contributed by atoms with Crippen molar-refractivity contribution >= 4 is 64.5 Å². The molecular weight excluding hydrogens is 749 g/mol. The Morgan fingerprint density at radius 1 is 0.789 bits per heavy atom. The van der Waals surface area contributed by atoms with Gasteiger partial charge in [0.25, 0.3) is 11.8 Å². The van der Waals surface area contributed by atoms with E-state index in [9.17, 15) is 38.4 Å². The summed E-state index contributed by atoms with van der Waals surface area (Å²) >= 11 is 1.42. The third kappa shape index (κ3) is 12.2. The molecule has 57 heavy (non-hydrogen) atoms. The summed E-state index contributed by atoms with van der Waals surface area (Å²) < 4.78 is 0. The van der Waals surface area contributed by atoms with Crippen molar-refractivity contribution in [3.05, 3.63) is 101 Å². The lowest BCUT2D eigenvalue weighted by Crippen LogP contribution is -2.48. The number of carbonyl (C=O) groups is 8. The van der Waals surface area contributed by atoms with Crippen molar-refractivity contribution in [3.8, 4) is 11.8 Å². The van der Waals surface area contributed by atoms with E-state index in [0.29, 0.717) is 28.6 Å². The predicted molar refractivity (Wildman–Crippen MR) is 212 cm³/mol. The number of carbonyl (C=O) groups excluding carboxylic acids is 8. The summed E-state index contributed by atoms with van der Waals surface area (Å²) in [5.74, 6) is 1.44. The van der Waals surface area contributed by atoms with Gasteiger partial charge in [-0.15, -0.1) is 5.06 Å². The number of thioether (sulfide) groups is 1. The number of hydrogen-bond acceptors (Lipinski definition) is 10. The fraction of sp³-hybridized carbons (Fsp3) is 0.349. The van der Waals surface area contributed by atoms with Crippen molar-refractivity contribution in [1.29, 1.82) is 0 Å². The number of rotatable bonds is 19. The van der Waals surface area contributed by atoms with Gasteiger partial charge in [0, 0.05) is 62.0 Å². The number of para-hydroxylation sites is 1. The average molecular weight is 793 g/mol. The normalized spacial score (nSPS) is 14.1. The molecule has 0 bridgehead atoms. The van der Waals surface area contributed by atoms with E-state index in [2.05, 4.69) is 22.5 Å². The van der Waals surface area contributed by atoms with E-state index in [1.165, 1.54) is 11.8 Å². The number of nitrogens with zero attached hydrogens (tertiary/aromatic N) is 2. The third-order valence-electron chi connectivity index (χ3n) is 9.47. The molecule has 0 saturated carbocycles. The molecule has 2 aliphatic rings. The maximum absolute atomic E-state index is 13.6. The molecule has 3 aromatic carbocycles. The van der Waals surface area contributed by atoms with Crippen LogP contribution in [0.4, 0.5) is 5.69 Å². The Balaban J connectivity index is 1.11. The molecule has 0 spiro atoms. The zero-order valence-electron chi connectivity index (χ0n) is 31.6. The van der Waals surface area contributed by atoms with Gasteiger partial charge < -0.3 is 20.4 Å². The number of benzene rings is 3. The van der Waals surface area contributed by atoms with Crippen molar-refractivity contribution in [2.24, 2.45) is 5.92 Å². The maximum atomic E-state index is 13.6. The Labute approximate surface area is 335 Å². The average Bonchev–Trinajstić information content (AvgIpc) is 3.52. The topological polar surface area (TPSA) is 176 Å². The van der Waals surface area contributed by atoms with E-state index in [-0.39, 0.29) is 76.0 Å². The smallest absolute Gasteiger partial charge is 0.349 e. The lowest BCUT2D eigenvalue weighted by atomic mass is 9.93. The Bertz CT molecular complexity index is 2060. The van der Waals surface area contributed by atoms with Gasteiger partial charge in [-0.2, -0.15) is 11.8 Å². The molecule has 2 N–H and O–H groups in total. The first-order valence-corrected chi connectivity index (χ1v) is 20.1. The maximum Gasteiger partial charge on any atom is 0.355 e. The number of ketones is 2. The lowest BCUT2D eigenvalue weighted by molar-refractivity contribution is -0.199. The summed E-state index contributed by atoms with van der Waals surface area (Å²) in [5, 5.41) is 5.60. The summed E-state index contributed by atoms with van der Waals surface area (Å²) in [5.41, 5.74) is 3.84. The molecule has 2 atom stereocenters. The van der Waals surface area contributed by atoms with Gasteiger partial charge in [-0.1, -0.05) is 72.5 Å². The summed E-state index contributed by atoms with van der Waals surface area (Å²) in [6, 6.07) is 22.7. The highest BCUT2D eigenvalue weighted by molar-refractivity contribution is 7.98. The molecule has 14 heteroatoms. The molecule has 5 amide bonds. The highest BCUT2D eigenvalue weighted by Crippen LogP contribution is 2.26. The van der Waals surface area contributed by atoms with Crippen LogP contribution in [0.1, 0.15) is 73.6 Å². The fourth-order valence-electron chi connectivity index (χ4n) is 6.34. The number of hydrogen-bond donors (Lipinski definition) is 2. The van der Waals surface area contributed by atoms with Crippen LogP contribution in [-0.2, 0) is 56.2 Å². The molecule has 1 fully saturated rings. The minimum Gasteiger partial charge on any atom is -0.349 e. The van der Waals surface area contributed by atoms with Gasteiger partial charge in [-0.3, -0.25) is 33.6 Å². The van der Waals surface area contributed by atoms with Crippen molar-refractivity contribution in [1.82, 2.24) is 15.7 Å². The van der Waals surface area contributed by atoms with Gasteiger partial charge in [0.2, 0.25) is 17.7 Å². The number of imide groups is 1. The summed E-state index contributed by atoms with van der Waals surface area (Å²) in [6.45, 7) is -0.0899. The third-order valence-corrected chi connectivity index (χ3v) is 10.1. The Hall–Kier alpha value is -6.07. The Kier molecular flexibility index (Phi) is 15.3. The van der Waals surface area contributed by atoms with Crippen LogP contribution in [0, 0.1) is 17.8 Å². The first-order chi connectivity index (χ1) is 27.5. The number of Topliss-reactive ketones (excluding diaryl/α,β-unsaturated/α-hetero) is 2. The monoisotopic (exact) mass is 792 g/mol. The lowest BCUT2D eigenvalue weighted by Gasteiger charge is -2.26. The molecule has 0 radical (unpaired) electrons. The molecular formula is C43H44N4O9S. The molecule has 5 rings (SSSR count). The van der Waals surface area contributed by atoms with E-state index in [4.69, 9.17) is 4.84 Å². The second kappa shape index (κ2) is 20.7. The van der Waals surface area contributed by atoms with Gasteiger partial charge in [-0.05, 0) is 54.2 Å². The van der Waals surface area contributed by atoms with Gasteiger partial charge in [0.15, 0.2) is 5.78 Å². The van der Waals surface area contributed by atoms with Crippen LogP contribution < -0.4 is 15.5 Å². The number of fused-ring (bicyclic) bond motifs is 2. The number of hydroxylamine groups is 2. The van der Waals surface area contributed by atoms with Crippen LogP contribution in [-0.4, -0.2) is 76.7 Å². The minimum absolute atomic E-state index is 0.0574. The van der Waals surface area contributed by atoms with Crippen LogP contribution >= 0.6 is 11.8 Å². The summed E-state index contributed by atoms with van der Waals surface area (Å²) in [4.78, 5) is 110. The quantitative estimate of drug-likeness (QED) is 0.134. The van der Waals surface area contributed by atoms with E-state index in [1.807, 2.05) is 60.9 Å². The molecule has 13 nitrogen and oxygen atoms in total. The number of anilines is 1. The Morgan fingerprint density at radius 3 is 2.18 bits per heavy atom. The van der Waals surface area contributed by atoms with Gasteiger partial charge in [0.05, 0.1) is 18.8 Å². The van der Waals surface area contributed by atoms with E-state index < -0.39 is 47.3 Å². The molecule has 296 valence electrons. The van der Waals surface area contributed by atoms with Crippen LogP contribution in [0.3, 0.4) is 0 Å². The van der Waals surface area contributed by atoms with E-state index >= 15 is 0 Å². The molecule has 1 saturated heterocycles. The predicted octanol–water partition coefficient (Wildman–Crippen LogP) is 3.84. The molecule has 2 heterocycles. The second-order valence-electron chi connectivity index (χ2n) is 13.7. The molecule has 2 aliphatic heterocycles. The molecule has 0 aliphatic carbocycles. The number of amides is 5. The van der Waals surface area contributed by atoms with Crippen LogP contribution in [0.25, 0.3) is 0 Å². The van der Waals surface area contributed by atoms with Crippen molar-refractivity contribution in [2.45, 2.75) is 70.4 Å². The highest BCUT2D eigenvalue weighted by atomic mass is 32.2. The highest BCUT2D eigenvalue weighted by Gasteiger charge is 2.36. The van der Waals surface area contributed by atoms with Gasteiger partial charge in [0.1, 0.15) is 11.8 Å². The summed E-state index contributed by atoms with van der Waals surface area (Å²) in [7, 11) is 0. The molecule has 3 aromatic rings. The number of nitrogens with one attached hydrogen (secondary N) is 2. The van der Waals surface area contributed by atoms with Gasteiger partial charge in [-0.25, -0.2) is 4.79 Å². The Morgan fingerprint density at radius 2 is 1.44 bits per heavy atom. The van der Waals surface area contributed by atoms with Crippen LogP contribution in [0.2, 0.25) is 0 Å². The minimum atomic E-state index is -1.19. The van der Waals surface area contributed by atoms with Crippen LogP contribution in [0.5, 0.6) is 0 Å². The SMILES string of the molecule is CSCC[C@H](NC(=O)[C@@H](CC(=O)CNC(=O)CCC(=O)CCC(=O)N1Cc2ccccc2C#Cc2ccccc21)Cc1ccccc1)C(=O)ON1C(=O)CCC1=O. The molecule has 0 aromatic heterocycles. The molecule has 0 unspecified atom stereocenters. The standard InChI is InChI=1S/C43H44N4O9S/c1-57-24-23-36(43(55)56-47-40(52)21-22-41(47)53)45-42(54)33(25-29-9-3-2-4-10-29)26-35(49)27-44-38(50)19-17-34(48)18-20-39(51)46-28-32-13-6-5-11-30(32)15-16-31-12-7-8-14-37(31)46/h2-14,33,36H,17-28H2,1H3,(H,44,50)(H,45,54)/t33-,36+/m1/s1. The van der Waals surface area contributed by atoms with Crippen molar-refractivity contribution in [2.75, 3.05) is 23.5 Å². The van der Waals surface area contributed by atoms with E-state index in [1.54, 1.807) is 29.2 Å². The van der Waals surface area contributed by atoms with Crippen molar-refractivity contribution < 1.29 is 43.2 Å². The fourth-order valence-corrected chi connectivity index (χ4v) is 6.81. The largest absolute Gasteiger partial charge is 0.355 e. The van der Waals surface area contributed by atoms with Crippen molar-refractivity contribution in [3.63, 3.8) is 0 Å². The second-order valence-corrected chi connectivity index (χ2v) is 14.7.